The topological polar surface area (TPSA) is 9.86 Å². The van der Waals surface area contributed by atoms with Gasteiger partial charge in [0.25, 0.3) is 0 Å². The van der Waals surface area contributed by atoms with Crippen molar-refractivity contribution in [3.8, 4) is 67.4 Å². The van der Waals surface area contributed by atoms with Crippen LogP contribution in [0.2, 0.25) is 0 Å². The number of fused-ring (bicyclic) bond motifs is 3. The van der Waals surface area contributed by atoms with Crippen molar-refractivity contribution in [2.45, 2.75) is 19.3 Å². The molecule has 0 radical (unpaired) electrons. The first-order valence-corrected chi connectivity index (χ1v) is 22.7. The molecule has 0 bridgehead atoms. The second kappa shape index (κ2) is 16.2. The molecular formula is C63H46N2. The van der Waals surface area contributed by atoms with E-state index < -0.39 is 0 Å². The molecule has 0 saturated carbocycles. The molecule has 9 aromatic carbocycles. The molecule has 0 amide bonds. The van der Waals surface area contributed by atoms with Gasteiger partial charge in [0.2, 0.25) is 0 Å². The molecule has 65 heavy (non-hydrogen) atoms. The Morgan fingerprint density at radius 1 is 0.385 bits per heavy atom. The molecule has 2 heterocycles. The van der Waals surface area contributed by atoms with E-state index in [1.54, 1.807) is 0 Å². The molecule has 0 spiro atoms. The summed E-state index contributed by atoms with van der Waals surface area (Å²) in [6, 6.07) is 80.6. The van der Waals surface area contributed by atoms with Crippen molar-refractivity contribution in [1.82, 2.24) is 9.13 Å². The van der Waals surface area contributed by atoms with Crippen molar-refractivity contribution in [2.24, 2.45) is 0 Å². The summed E-state index contributed by atoms with van der Waals surface area (Å²) in [7, 11) is 0. The molecule has 308 valence electrons. The van der Waals surface area contributed by atoms with E-state index in [0.717, 1.165) is 29.2 Å². The maximum absolute atomic E-state index is 2.51. The lowest BCUT2D eigenvalue weighted by Crippen LogP contribution is -2.07. The van der Waals surface area contributed by atoms with Crippen molar-refractivity contribution >= 4 is 32.3 Å². The molecular weight excluding hydrogens is 785 g/mol. The first-order valence-electron chi connectivity index (χ1n) is 22.7. The van der Waals surface area contributed by atoms with Crippen LogP contribution in [0.4, 0.5) is 0 Å². The number of nitrogens with zero attached hydrogens (tertiary/aromatic N) is 2. The largest absolute Gasteiger partial charge is 0.313 e. The van der Waals surface area contributed by atoms with Crippen molar-refractivity contribution in [3.05, 3.63) is 254 Å². The average Bonchev–Trinajstić information content (AvgIpc) is 4.03. The number of rotatable bonds is 8. The summed E-state index contributed by atoms with van der Waals surface area (Å²) in [4.78, 5) is 0. The summed E-state index contributed by atoms with van der Waals surface area (Å²) in [5.74, 6) is 0.264. The highest BCUT2D eigenvalue weighted by Gasteiger charge is 2.24. The molecule has 1 aliphatic rings. The van der Waals surface area contributed by atoms with Gasteiger partial charge in [-0.15, -0.1) is 0 Å². The van der Waals surface area contributed by atoms with Gasteiger partial charge in [-0.3, -0.25) is 0 Å². The molecule has 2 nitrogen and oxygen atoms in total. The third-order valence-electron chi connectivity index (χ3n) is 13.4. The van der Waals surface area contributed by atoms with Gasteiger partial charge in [-0.1, -0.05) is 194 Å². The van der Waals surface area contributed by atoms with Crippen LogP contribution in [0.15, 0.2) is 243 Å². The summed E-state index contributed by atoms with van der Waals surface area (Å²) in [6.07, 6.45) is 9.96. The van der Waals surface area contributed by atoms with E-state index in [1.807, 2.05) is 0 Å². The highest BCUT2D eigenvalue weighted by molar-refractivity contribution is 6.24. The van der Waals surface area contributed by atoms with E-state index in [9.17, 15) is 0 Å². The third kappa shape index (κ3) is 6.65. The van der Waals surface area contributed by atoms with Gasteiger partial charge in [0.1, 0.15) is 0 Å². The standard InChI is InChI=1S/C63H46N2/c1-43-19-14-16-30-51(43)62-54-35-33-50(65-60(47-25-10-4-11-26-47)39-40-61(65)48-27-12-5-13-28-48)42-57(54)63(53-32-18-29-44-20-15-17-31-52(44)53)55-36-34-49(41-56(55)62)64-58(45-21-6-2-7-22-45)37-38-59(64)46-23-8-3-9-24-46/h2-23,25-42,46H,24H2,1H3. The first kappa shape index (κ1) is 38.5. The van der Waals surface area contributed by atoms with Crippen LogP contribution in [-0.2, 0) is 0 Å². The number of hydrogen-bond acceptors (Lipinski definition) is 0. The van der Waals surface area contributed by atoms with Crippen molar-refractivity contribution in [3.63, 3.8) is 0 Å². The minimum absolute atomic E-state index is 0.264. The summed E-state index contributed by atoms with van der Waals surface area (Å²) in [5.41, 5.74) is 16.8. The molecule has 0 fully saturated rings. The average molecular weight is 831 g/mol. The number of aromatic nitrogens is 2. The Morgan fingerprint density at radius 3 is 1.51 bits per heavy atom. The highest BCUT2D eigenvalue weighted by atomic mass is 15.0. The summed E-state index contributed by atoms with van der Waals surface area (Å²) >= 11 is 0. The fraction of sp³-hybridized carbons (Fsp3) is 0.0476. The molecule has 1 unspecified atom stereocenters. The van der Waals surface area contributed by atoms with E-state index in [1.165, 1.54) is 88.2 Å². The maximum atomic E-state index is 2.51. The molecule has 2 heteroatoms. The zero-order chi connectivity index (χ0) is 43.3. The lowest BCUT2D eigenvalue weighted by Gasteiger charge is -2.24. The van der Waals surface area contributed by atoms with E-state index >= 15 is 0 Å². The summed E-state index contributed by atoms with van der Waals surface area (Å²) in [5, 5.41) is 7.36. The molecule has 0 N–H and O–H groups in total. The minimum Gasteiger partial charge on any atom is -0.313 e. The Bertz CT molecular complexity index is 3560. The summed E-state index contributed by atoms with van der Waals surface area (Å²) in [6.45, 7) is 2.25. The number of hydrogen-bond donors (Lipinski definition) is 0. The van der Waals surface area contributed by atoms with Crippen LogP contribution in [0, 0.1) is 6.92 Å². The van der Waals surface area contributed by atoms with Gasteiger partial charge in [-0.2, -0.15) is 0 Å². The molecule has 2 aromatic heterocycles. The predicted octanol–water partition coefficient (Wildman–Crippen LogP) is 17.0. The van der Waals surface area contributed by atoms with Gasteiger partial charge >= 0.3 is 0 Å². The smallest absolute Gasteiger partial charge is 0.0535 e. The van der Waals surface area contributed by atoms with Crippen molar-refractivity contribution in [2.75, 3.05) is 0 Å². The fourth-order valence-corrected chi connectivity index (χ4v) is 10.4. The Labute approximate surface area is 380 Å². The normalized spacial score (nSPS) is 13.6. The summed E-state index contributed by atoms with van der Waals surface area (Å²) < 4.78 is 4.96. The minimum atomic E-state index is 0.264. The van der Waals surface area contributed by atoms with Gasteiger partial charge in [0, 0.05) is 23.0 Å². The zero-order valence-electron chi connectivity index (χ0n) is 36.3. The Kier molecular flexibility index (Phi) is 9.57. The number of aryl methyl sites for hydroxylation is 1. The van der Waals surface area contributed by atoms with Crippen LogP contribution >= 0.6 is 0 Å². The van der Waals surface area contributed by atoms with Crippen LogP contribution in [-0.4, -0.2) is 9.13 Å². The zero-order valence-corrected chi connectivity index (χ0v) is 36.3. The Morgan fingerprint density at radius 2 is 0.892 bits per heavy atom. The van der Waals surface area contributed by atoms with Gasteiger partial charge in [0.05, 0.1) is 17.1 Å². The number of benzene rings is 9. The second-order valence-corrected chi connectivity index (χ2v) is 17.2. The van der Waals surface area contributed by atoms with Crippen LogP contribution in [0.25, 0.3) is 99.7 Å². The van der Waals surface area contributed by atoms with E-state index in [0.29, 0.717) is 0 Å². The van der Waals surface area contributed by atoms with Gasteiger partial charge in [-0.05, 0) is 139 Å². The van der Waals surface area contributed by atoms with E-state index in [2.05, 4.69) is 259 Å². The number of allylic oxidation sites excluding steroid dienone is 4. The quantitative estimate of drug-likeness (QED) is 0.135. The van der Waals surface area contributed by atoms with Crippen LogP contribution in [0.3, 0.4) is 0 Å². The van der Waals surface area contributed by atoms with E-state index in [4.69, 9.17) is 0 Å². The lowest BCUT2D eigenvalue weighted by atomic mass is 9.83. The van der Waals surface area contributed by atoms with Crippen molar-refractivity contribution in [1.29, 1.82) is 0 Å². The molecule has 11 aromatic rings. The third-order valence-corrected chi connectivity index (χ3v) is 13.4. The highest BCUT2D eigenvalue weighted by Crippen LogP contribution is 2.48. The molecule has 12 rings (SSSR count). The second-order valence-electron chi connectivity index (χ2n) is 17.2. The van der Waals surface area contributed by atoms with Crippen molar-refractivity contribution < 1.29 is 0 Å². The molecule has 1 aliphatic carbocycles. The molecule has 1 atom stereocenters. The van der Waals surface area contributed by atoms with Gasteiger partial charge < -0.3 is 9.13 Å². The lowest BCUT2D eigenvalue weighted by molar-refractivity contribution is 0.786. The monoisotopic (exact) mass is 830 g/mol. The molecule has 0 saturated heterocycles. The first-order chi connectivity index (χ1) is 32.2. The SMILES string of the molecule is Cc1ccccc1-c1c2cc(-n3c(-c4ccccc4)ccc3C3C=CC=CC3)ccc2c(-c2cccc3ccccc23)c2cc(-n3c(-c4ccccc4)ccc3-c3ccccc3)ccc12. The Balaban J connectivity index is 1.21. The molecule has 0 aliphatic heterocycles. The van der Waals surface area contributed by atoms with Crippen LogP contribution < -0.4 is 0 Å². The Hall–Kier alpha value is -8.20. The maximum Gasteiger partial charge on any atom is 0.0535 e. The predicted molar refractivity (Wildman–Crippen MR) is 275 cm³/mol. The fourth-order valence-electron chi connectivity index (χ4n) is 10.4. The van der Waals surface area contributed by atoms with E-state index in [-0.39, 0.29) is 5.92 Å². The van der Waals surface area contributed by atoms with Gasteiger partial charge in [0.15, 0.2) is 0 Å². The van der Waals surface area contributed by atoms with Crippen LogP contribution in [0.1, 0.15) is 23.6 Å². The van der Waals surface area contributed by atoms with Gasteiger partial charge in [-0.25, -0.2) is 0 Å². The van der Waals surface area contributed by atoms with Crippen LogP contribution in [0.5, 0.6) is 0 Å².